The molecule has 0 saturated heterocycles. The van der Waals surface area contributed by atoms with Crippen LogP contribution in [0.1, 0.15) is 20.7 Å². The fraction of sp³-hybridized carbons (Fsp3) is 0.467. The molecule has 0 aliphatic carbocycles. The molecule has 0 fully saturated rings. The second kappa shape index (κ2) is 4.65. The van der Waals surface area contributed by atoms with Crippen LogP contribution in [0.3, 0.4) is 0 Å². The van der Waals surface area contributed by atoms with Gasteiger partial charge in [0.1, 0.15) is 5.75 Å². The van der Waals surface area contributed by atoms with Gasteiger partial charge in [-0.1, -0.05) is 0 Å². The molecule has 3 nitrogen and oxygen atoms in total. The second-order valence-corrected chi connectivity index (χ2v) is 4.84. The number of hydrogen-bond acceptors (Lipinski definition) is 2. The minimum Gasteiger partial charge on any atom is -0.497 e. The Morgan fingerprint density at radius 3 is 2.89 bits per heavy atom. The van der Waals surface area contributed by atoms with Crippen LogP contribution in [0.15, 0.2) is 30.5 Å². The molecule has 0 N–H and O–H groups in total. The highest BCUT2D eigenvalue weighted by molar-refractivity contribution is 5.81. The summed E-state index contributed by atoms with van der Waals surface area (Å²) >= 11 is 0. The predicted molar refractivity (Wildman–Crippen MR) is 76.3 cm³/mol. The molecule has 1 heterocycles. The van der Waals surface area contributed by atoms with Crippen LogP contribution in [-0.4, -0.2) is 36.1 Å². The zero-order chi connectivity index (χ0) is 17.6. The van der Waals surface area contributed by atoms with Crippen LogP contribution in [0.2, 0.25) is 0 Å². The van der Waals surface area contributed by atoms with E-state index in [4.69, 9.17) is 11.6 Å². The number of aromatic nitrogens is 1. The molecule has 0 radical (unpaired) electrons. The normalized spacial score (nSPS) is 17.9. The lowest BCUT2D eigenvalue weighted by Gasteiger charge is -2.33. The van der Waals surface area contributed by atoms with Crippen LogP contribution < -0.4 is 4.74 Å². The van der Waals surface area contributed by atoms with Crippen LogP contribution in [0.4, 0.5) is 0 Å². The van der Waals surface area contributed by atoms with E-state index in [1.54, 1.807) is 45.4 Å². The summed E-state index contributed by atoms with van der Waals surface area (Å²) in [5.74, 6) is 0.690. The first-order valence-corrected chi connectivity index (χ1v) is 5.82. The molecule has 1 aromatic carbocycles. The standard InChI is InChI=1S/C15H22N2O/c1-15(2,16(3)4)11-17-9-8-12-10-13(18-5)6-7-14(12)17/h6-10H,11H2,1-5H3/i3D3,11D2. The van der Waals surface area contributed by atoms with Crippen molar-refractivity contribution >= 4 is 10.9 Å². The minimum absolute atomic E-state index is 0.683. The molecule has 2 rings (SSSR count). The third-order valence-corrected chi connectivity index (χ3v) is 3.13. The van der Waals surface area contributed by atoms with Gasteiger partial charge in [0.25, 0.3) is 0 Å². The number of methoxy groups -OCH3 is 1. The van der Waals surface area contributed by atoms with Crippen LogP contribution in [0, 0.1) is 0 Å². The van der Waals surface area contributed by atoms with Crippen molar-refractivity contribution in [1.29, 1.82) is 0 Å². The third kappa shape index (κ3) is 2.36. The summed E-state index contributed by atoms with van der Waals surface area (Å²) in [6.45, 7) is -1.14. The average Bonchev–Trinajstić information content (AvgIpc) is 2.88. The number of nitrogens with zero attached hydrogens (tertiary/aromatic N) is 2. The predicted octanol–water partition coefficient (Wildman–Crippen LogP) is 2.99. The Hall–Kier alpha value is -1.48. The summed E-state index contributed by atoms with van der Waals surface area (Å²) < 4.78 is 46.6. The molecule has 0 aliphatic heterocycles. The third-order valence-electron chi connectivity index (χ3n) is 3.13. The van der Waals surface area contributed by atoms with E-state index in [2.05, 4.69) is 0 Å². The molecule has 2 aromatic rings. The van der Waals surface area contributed by atoms with Gasteiger partial charge in [0, 0.05) is 33.2 Å². The molecule has 0 atom stereocenters. The highest BCUT2D eigenvalue weighted by atomic mass is 16.5. The van der Waals surface area contributed by atoms with Gasteiger partial charge < -0.3 is 14.2 Å². The smallest absolute Gasteiger partial charge is 0.119 e. The van der Waals surface area contributed by atoms with Gasteiger partial charge in [-0.2, -0.15) is 0 Å². The number of ether oxygens (including phenoxy) is 1. The summed E-state index contributed by atoms with van der Waals surface area (Å²) in [6.07, 6.45) is 1.64. The van der Waals surface area contributed by atoms with E-state index in [0.717, 1.165) is 10.3 Å². The maximum absolute atomic E-state index is 8.58. The fourth-order valence-electron chi connectivity index (χ4n) is 1.71. The Morgan fingerprint density at radius 1 is 1.44 bits per heavy atom. The molecule has 0 saturated carbocycles. The van der Waals surface area contributed by atoms with Crippen LogP contribution in [0.25, 0.3) is 10.9 Å². The lowest BCUT2D eigenvalue weighted by Crippen LogP contribution is -2.41. The Morgan fingerprint density at radius 2 is 2.22 bits per heavy atom. The van der Waals surface area contributed by atoms with Gasteiger partial charge in [-0.15, -0.1) is 0 Å². The first-order valence-electron chi connectivity index (χ1n) is 8.32. The Labute approximate surface area is 116 Å². The molecule has 0 spiro atoms. The van der Waals surface area contributed by atoms with Gasteiger partial charge in [0.15, 0.2) is 0 Å². The van der Waals surface area contributed by atoms with Crippen molar-refractivity contribution in [2.45, 2.75) is 25.9 Å². The molecule has 0 unspecified atom stereocenters. The van der Waals surface area contributed by atoms with Gasteiger partial charge in [0.05, 0.1) is 9.85 Å². The lowest BCUT2D eigenvalue weighted by atomic mass is 10.0. The Kier molecular flexibility index (Phi) is 2.03. The van der Waals surface area contributed by atoms with Crippen molar-refractivity contribution < 1.29 is 11.6 Å². The molecule has 0 bridgehead atoms. The second-order valence-electron chi connectivity index (χ2n) is 4.84. The molecule has 0 aliphatic rings. The summed E-state index contributed by atoms with van der Waals surface area (Å²) in [6, 6.07) is 7.15. The van der Waals surface area contributed by atoms with Crippen molar-refractivity contribution in [2.75, 3.05) is 21.1 Å². The zero-order valence-corrected chi connectivity index (χ0v) is 11.2. The van der Waals surface area contributed by atoms with Crippen molar-refractivity contribution in [3.63, 3.8) is 0 Å². The lowest BCUT2D eigenvalue weighted by molar-refractivity contribution is 0.171. The molecule has 18 heavy (non-hydrogen) atoms. The van der Waals surface area contributed by atoms with Crippen LogP contribution >= 0.6 is 0 Å². The maximum atomic E-state index is 8.58. The summed E-state index contributed by atoms with van der Waals surface area (Å²) in [7, 11) is 2.99. The summed E-state index contributed by atoms with van der Waals surface area (Å²) in [5, 5.41) is 0.834. The van der Waals surface area contributed by atoms with Gasteiger partial charge in [-0.05, 0) is 52.1 Å². The quantitative estimate of drug-likeness (QED) is 0.831. The van der Waals surface area contributed by atoms with E-state index < -0.39 is 19.0 Å². The molecule has 98 valence electrons. The van der Waals surface area contributed by atoms with Crippen LogP contribution in [0.5, 0.6) is 5.75 Å². The first-order chi connectivity index (χ1) is 10.4. The van der Waals surface area contributed by atoms with E-state index >= 15 is 0 Å². The molecule has 0 amide bonds. The number of fused-ring (bicyclic) bond motifs is 1. The van der Waals surface area contributed by atoms with Crippen molar-refractivity contribution in [3.05, 3.63) is 30.5 Å². The minimum atomic E-state index is -2.39. The molecular formula is C15H22N2O. The Bertz CT molecular complexity index is 705. The highest BCUT2D eigenvalue weighted by Crippen LogP contribution is 2.24. The topological polar surface area (TPSA) is 17.4 Å². The van der Waals surface area contributed by atoms with E-state index in [1.807, 2.05) is 6.07 Å². The molecule has 1 aromatic heterocycles. The maximum Gasteiger partial charge on any atom is 0.119 e. The van der Waals surface area contributed by atoms with E-state index in [1.165, 1.54) is 11.6 Å². The van der Waals surface area contributed by atoms with Crippen LogP contribution in [-0.2, 0) is 6.50 Å². The number of rotatable bonds is 4. The van der Waals surface area contributed by atoms with Crippen molar-refractivity contribution in [3.8, 4) is 5.75 Å². The average molecular weight is 251 g/mol. The van der Waals surface area contributed by atoms with E-state index in [-0.39, 0.29) is 0 Å². The SMILES string of the molecule is [2H]C([2H])([2H])N(C)C(C)(C)C([2H])([2H])n1ccc2cc(OC)ccc21. The van der Waals surface area contributed by atoms with Crippen molar-refractivity contribution in [2.24, 2.45) is 0 Å². The monoisotopic (exact) mass is 251 g/mol. The largest absolute Gasteiger partial charge is 0.497 e. The summed E-state index contributed by atoms with van der Waals surface area (Å²) in [5.41, 5.74) is -0.577. The number of hydrogen-bond donors (Lipinski definition) is 0. The highest BCUT2D eigenvalue weighted by Gasteiger charge is 2.21. The van der Waals surface area contributed by atoms with Gasteiger partial charge in [-0.3, -0.25) is 0 Å². The van der Waals surface area contributed by atoms with Crippen molar-refractivity contribution in [1.82, 2.24) is 9.47 Å². The van der Waals surface area contributed by atoms with Gasteiger partial charge in [0.2, 0.25) is 0 Å². The van der Waals surface area contributed by atoms with E-state index in [0.29, 0.717) is 11.3 Å². The summed E-state index contributed by atoms with van der Waals surface area (Å²) in [4.78, 5) is 1.09. The molecule has 3 heteroatoms. The van der Waals surface area contributed by atoms with Gasteiger partial charge >= 0.3 is 0 Å². The number of likely N-dealkylation sites (N-methyl/N-ethyl adjacent to an activating group) is 1. The van der Waals surface area contributed by atoms with E-state index in [9.17, 15) is 0 Å². The number of benzene rings is 1. The fourth-order valence-corrected chi connectivity index (χ4v) is 1.71. The Balaban J connectivity index is 2.55. The zero-order valence-electron chi connectivity index (χ0n) is 16.2. The van der Waals surface area contributed by atoms with Gasteiger partial charge in [-0.25, -0.2) is 0 Å². The molecular weight excluding hydrogens is 224 g/mol. The first kappa shape index (κ1) is 7.85.